The standard InChI is InChI=1S/C7H10FNO2/c8-1-4-5-2-9(7(10)11)3-6(4)5/h4-6H,1-3H2,(H,10,11)/t4?,5-,6?/m1/s1. The van der Waals surface area contributed by atoms with Gasteiger partial charge in [0, 0.05) is 13.1 Å². The molecule has 1 aliphatic carbocycles. The van der Waals surface area contributed by atoms with E-state index in [4.69, 9.17) is 5.11 Å². The number of halogens is 1. The van der Waals surface area contributed by atoms with Crippen LogP contribution in [0.5, 0.6) is 0 Å². The Bertz CT molecular complexity index is 185. The quantitative estimate of drug-likeness (QED) is 0.615. The number of fused-ring (bicyclic) bond motifs is 1. The number of amides is 1. The smallest absolute Gasteiger partial charge is 0.407 e. The Balaban J connectivity index is 1.89. The monoisotopic (exact) mass is 159 g/mol. The number of nitrogens with zero attached hydrogens (tertiary/aromatic N) is 1. The van der Waals surface area contributed by atoms with Gasteiger partial charge in [0.15, 0.2) is 0 Å². The Morgan fingerprint density at radius 1 is 1.55 bits per heavy atom. The van der Waals surface area contributed by atoms with Gasteiger partial charge >= 0.3 is 6.09 Å². The van der Waals surface area contributed by atoms with E-state index in [0.717, 1.165) is 0 Å². The third-order valence-corrected chi connectivity index (χ3v) is 2.82. The molecule has 2 unspecified atom stereocenters. The van der Waals surface area contributed by atoms with Crippen molar-refractivity contribution in [3.8, 4) is 0 Å². The molecule has 1 heterocycles. The molecule has 3 atom stereocenters. The normalized spacial score (nSPS) is 40.5. The molecule has 2 rings (SSSR count). The number of likely N-dealkylation sites (tertiary alicyclic amines) is 1. The lowest BCUT2D eigenvalue weighted by Gasteiger charge is -2.14. The SMILES string of the molecule is O=C(O)N1CC2C(CF)[C@H]2C1. The van der Waals surface area contributed by atoms with Gasteiger partial charge in [0.05, 0.1) is 6.67 Å². The summed E-state index contributed by atoms with van der Waals surface area (Å²) in [5.74, 6) is 0.831. The van der Waals surface area contributed by atoms with E-state index in [2.05, 4.69) is 0 Å². The second-order valence-electron chi connectivity index (χ2n) is 3.33. The highest BCUT2D eigenvalue weighted by Gasteiger charge is 2.56. The van der Waals surface area contributed by atoms with E-state index in [-0.39, 0.29) is 12.6 Å². The van der Waals surface area contributed by atoms with Crippen molar-refractivity contribution >= 4 is 6.09 Å². The highest BCUT2D eigenvalue weighted by Crippen LogP contribution is 2.51. The van der Waals surface area contributed by atoms with E-state index in [1.54, 1.807) is 0 Å². The van der Waals surface area contributed by atoms with Crippen molar-refractivity contribution in [2.75, 3.05) is 19.8 Å². The summed E-state index contributed by atoms with van der Waals surface area (Å²) in [5.41, 5.74) is 0. The number of piperidine rings is 1. The summed E-state index contributed by atoms with van der Waals surface area (Å²) in [6.45, 7) is 0.825. The fourth-order valence-corrected chi connectivity index (χ4v) is 2.03. The Hall–Kier alpha value is -0.800. The van der Waals surface area contributed by atoms with Crippen LogP contribution in [0.4, 0.5) is 9.18 Å². The van der Waals surface area contributed by atoms with Crippen LogP contribution in [0.2, 0.25) is 0 Å². The summed E-state index contributed by atoms with van der Waals surface area (Å²) in [6, 6.07) is 0. The van der Waals surface area contributed by atoms with Gasteiger partial charge in [-0.15, -0.1) is 0 Å². The average molecular weight is 159 g/mol. The zero-order valence-corrected chi connectivity index (χ0v) is 6.03. The number of carboxylic acid groups (broad SMARTS) is 1. The molecule has 1 aliphatic heterocycles. The minimum Gasteiger partial charge on any atom is -0.465 e. The number of alkyl halides is 1. The summed E-state index contributed by atoms with van der Waals surface area (Å²) in [4.78, 5) is 11.8. The fourth-order valence-electron chi connectivity index (χ4n) is 2.03. The first-order chi connectivity index (χ1) is 5.24. The van der Waals surface area contributed by atoms with Gasteiger partial charge in [-0.1, -0.05) is 0 Å². The van der Waals surface area contributed by atoms with Crippen LogP contribution < -0.4 is 0 Å². The Labute approximate surface area is 63.8 Å². The molecule has 1 saturated heterocycles. The number of hydrogen-bond acceptors (Lipinski definition) is 1. The highest BCUT2D eigenvalue weighted by atomic mass is 19.1. The first-order valence-corrected chi connectivity index (χ1v) is 3.78. The molecule has 2 aliphatic rings. The van der Waals surface area contributed by atoms with E-state index in [1.807, 2.05) is 0 Å². The van der Waals surface area contributed by atoms with Gasteiger partial charge in [0.25, 0.3) is 0 Å². The van der Waals surface area contributed by atoms with Crippen LogP contribution in [0.1, 0.15) is 0 Å². The highest BCUT2D eigenvalue weighted by molar-refractivity contribution is 5.65. The maximum atomic E-state index is 12.1. The second kappa shape index (κ2) is 2.09. The molecule has 2 fully saturated rings. The summed E-state index contributed by atoms with van der Waals surface area (Å²) in [5, 5.41) is 8.54. The largest absolute Gasteiger partial charge is 0.465 e. The third kappa shape index (κ3) is 0.886. The van der Waals surface area contributed by atoms with Crippen LogP contribution in [-0.4, -0.2) is 35.9 Å². The molecule has 0 aromatic heterocycles. The molecular formula is C7H10FNO2. The van der Waals surface area contributed by atoms with Crippen LogP contribution in [0.25, 0.3) is 0 Å². The molecule has 0 aromatic rings. The minimum absolute atomic E-state index is 0.172. The van der Waals surface area contributed by atoms with Crippen molar-refractivity contribution in [2.45, 2.75) is 0 Å². The first kappa shape index (κ1) is 6.88. The molecule has 0 aromatic carbocycles. The minimum atomic E-state index is -0.866. The molecule has 62 valence electrons. The summed E-state index contributed by atoms with van der Waals surface area (Å²) in [6.07, 6.45) is -0.866. The second-order valence-corrected chi connectivity index (χ2v) is 3.33. The van der Waals surface area contributed by atoms with E-state index < -0.39 is 6.09 Å². The molecule has 1 N–H and O–H groups in total. The van der Waals surface area contributed by atoms with Gasteiger partial charge in [0.2, 0.25) is 0 Å². The van der Waals surface area contributed by atoms with E-state index in [1.165, 1.54) is 4.90 Å². The molecular weight excluding hydrogens is 149 g/mol. The molecule has 11 heavy (non-hydrogen) atoms. The Morgan fingerprint density at radius 2 is 2.09 bits per heavy atom. The maximum Gasteiger partial charge on any atom is 0.407 e. The average Bonchev–Trinajstić information content (AvgIpc) is 2.41. The van der Waals surface area contributed by atoms with Crippen molar-refractivity contribution in [1.29, 1.82) is 0 Å². The van der Waals surface area contributed by atoms with Crippen LogP contribution in [-0.2, 0) is 0 Å². The van der Waals surface area contributed by atoms with Crippen LogP contribution in [0.3, 0.4) is 0 Å². The molecule has 3 nitrogen and oxygen atoms in total. The van der Waals surface area contributed by atoms with Crippen LogP contribution >= 0.6 is 0 Å². The Morgan fingerprint density at radius 3 is 2.45 bits per heavy atom. The topological polar surface area (TPSA) is 40.5 Å². The lowest BCUT2D eigenvalue weighted by molar-refractivity contribution is 0.147. The van der Waals surface area contributed by atoms with Gasteiger partial charge < -0.3 is 10.0 Å². The van der Waals surface area contributed by atoms with Gasteiger partial charge in [-0.05, 0) is 17.8 Å². The van der Waals surface area contributed by atoms with Gasteiger partial charge in [0.1, 0.15) is 0 Å². The van der Waals surface area contributed by atoms with E-state index in [0.29, 0.717) is 24.9 Å². The summed E-state index contributed by atoms with van der Waals surface area (Å²) >= 11 is 0. The Kier molecular flexibility index (Phi) is 1.31. The predicted molar refractivity (Wildman–Crippen MR) is 36.0 cm³/mol. The molecule has 1 saturated carbocycles. The van der Waals surface area contributed by atoms with Crippen molar-refractivity contribution in [1.82, 2.24) is 4.90 Å². The third-order valence-electron chi connectivity index (χ3n) is 2.82. The summed E-state index contributed by atoms with van der Waals surface area (Å²) in [7, 11) is 0. The van der Waals surface area contributed by atoms with E-state index in [9.17, 15) is 9.18 Å². The molecule has 0 spiro atoms. The van der Waals surface area contributed by atoms with Crippen molar-refractivity contribution in [3.63, 3.8) is 0 Å². The predicted octanol–water partition coefficient (Wildman–Crippen LogP) is 0.812. The van der Waals surface area contributed by atoms with Gasteiger partial charge in [-0.25, -0.2) is 4.79 Å². The van der Waals surface area contributed by atoms with Crippen molar-refractivity contribution in [2.24, 2.45) is 17.8 Å². The number of hydrogen-bond donors (Lipinski definition) is 1. The van der Waals surface area contributed by atoms with Gasteiger partial charge in [-0.3, -0.25) is 4.39 Å². The molecule has 1 amide bonds. The van der Waals surface area contributed by atoms with Crippen LogP contribution in [0.15, 0.2) is 0 Å². The first-order valence-electron chi connectivity index (χ1n) is 3.78. The number of rotatable bonds is 1. The molecule has 4 heteroatoms. The van der Waals surface area contributed by atoms with Gasteiger partial charge in [-0.2, -0.15) is 0 Å². The lowest BCUT2D eigenvalue weighted by atomic mass is 10.3. The van der Waals surface area contributed by atoms with Crippen LogP contribution in [0, 0.1) is 17.8 Å². The van der Waals surface area contributed by atoms with E-state index >= 15 is 0 Å². The maximum absolute atomic E-state index is 12.1. The molecule has 0 radical (unpaired) electrons. The zero-order chi connectivity index (χ0) is 8.01. The van der Waals surface area contributed by atoms with Crippen molar-refractivity contribution in [3.05, 3.63) is 0 Å². The summed E-state index contributed by atoms with van der Waals surface area (Å²) < 4.78 is 12.1. The van der Waals surface area contributed by atoms with Crippen molar-refractivity contribution < 1.29 is 14.3 Å². The number of carbonyl (C=O) groups is 1. The zero-order valence-electron chi connectivity index (χ0n) is 6.03. The lowest BCUT2D eigenvalue weighted by Crippen LogP contribution is -2.30. The fraction of sp³-hybridized carbons (Fsp3) is 0.857. The molecule has 0 bridgehead atoms.